The quantitative estimate of drug-likeness (QED) is 0.151. The van der Waals surface area contributed by atoms with E-state index < -0.39 is 0 Å². The van der Waals surface area contributed by atoms with E-state index in [9.17, 15) is 0 Å². The fourth-order valence-corrected chi connectivity index (χ4v) is 11.1. The highest BCUT2D eigenvalue weighted by Gasteiger charge is 2.24. The van der Waals surface area contributed by atoms with Gasteiger partial charge in [0.05, 0.1) is 16.1 Å². The Morgan fingerprint density at radius 3 is 1.51 bits per heavy atom. The minimum absolute atomic E-state index is 0.858. The number of furan rings is 1. The van der Waals surface area contributed by atoms with E-state index in [-0.39, 0.29) is 0 Å². The highest BCUT2D eigenvalue weighted by Crippen LogP contribution is 2.50. The van der Waals surface area contributed by atoms with E-state index in [1.54, 1.807) is 0 Å². The van der Waals surface area contributed by atoms with Crippen molar-refractivity contribution in [1.29, 1.82) is 0 Å². The molecule has 0 bridgehead atoms. The number of nitrogens with zero attached hydrogens (tertiary/aromatic N) is 1. The van der Waals surface area contributed by atoms with Crippen molar-refractivity contribution in [2.45, 2.75) is 0 Å². The van der Waals surface area contributed by atoms with Crippen molar-refractivity contribution in [2.75, 3.05) is 4.90 Å². The van der Waals surface area contributed by atoms with Crippen molar-refractivity contribution in [2.24, 2.45) is 0 Å². The van der Waals surface area contributed by atoms with Crippen LogP contribution in [0.25, 0.3) is 109 Å². The molecule has 314 valence electrons. The van der Waals surface area contributed by atoms with Crippen LogP contribution in [0, 0.1) is 0 Å². The van der Waals surface area contributed by atoms with Gasteiger partial charge in [0.2, 0.25) is 0 Å². The van der Waals surface area contributed by atoms with Gasteiger partial charge in [0.15, 0.2) is 0 Å². The van der Waals surface area contributed by atoms with Crippen LogP contribution in [0.1, 0.15) is 0 Å². The van der Waals surface area contributed by atoms with E-state index in [0.717, 1.165) is 66.5 Å². The Morgan fingerprint density at radius 1 is 0.313 bits per heavy atom. The molecular weight excluding hydrogens is 831 g/mol. The number of benzene rings is 11. The second-order valence-electron chi connectivity index (χ2n) is 17.2. The van der Waals surface area contributed by atoms with E-state index in [1.165, 1.54) is 59.1 Å². The average Bonchev–Trinajstić information content (AvgIpc) is 3.98. The van der Waals surface area contributed by atoms with Crippen molar-refractivity contribution in [1.82, 2.24) is 0 Å². The van der Waals surface area contributed by atoms with Crippen LogP contribution in [0.5, 0.6) is 0 Å². The van der Waals surface area contributed by atoms with Crippen LogP contribution >= 0.6 is 11.3 Å². The molecule has 3 heteroatoms. The molecule has 0 aliphatic carbocycles. The van der Waals surface area contributed by atoms with Crippen molar-refractivity contribution in [3.8, 4) is 55.6 Å². The summed E-state index contributed by atoms with van der Waals surface area (Å²) in [5.41, 5.74) is 16.7. The van der Waals surface area contributed by atoms with Crippen molar-refractivity contribution >= 4 is 81.3 Å². The Balaban J connectivity index is 1.04. The van der Waals surface area contributed by atoms with Gasteiger partial charge in [0.1, 0.15) is 11.2 Å². The normalized spacial score (nSPS) is 11.6. The van der Waals surface area contributed by atoms with Gasteiger partial charge < -0.3 is 9.32 Å². The Bertz CT molecular complexity index is 3890. The number of hydrogen-bond donors (Lipinski definition) is 0. The Hall–Kier alpha value is -8.50. The topological polar surface area (TPSA) is 16.4 Å². The minimum atomic E-state index is 0.858. The molecule has 0 atom stereocenters. The van der Waals surface area contributed by atoms with Gasteiger partial charge in [0.25, 0.3) is 0 Å². The van der Waals surface area contributed by atoms with Gasteiger partial charge in [-0.15, -0.1) is 11.3 Å². The van der Waals surface area contributed by atoms with E-state index >= 15 is 0 Å². The maximum atomic E-state index is 6.94. The highest BCUT2D eigenvalue weighted by atomic mass is 32.1. The maximum Gasteiger partial charge on any atom is 0.143 e. The second kappa shape index (κ2) is 16.2. The van der Waals surface area contributed by atoms with E-state index in [0.29, 0.717) is 0 Å². The largest absolute Gasteiger partial charge is 0.455 e. The van der Waals surface area contributed by atoms with E-state index in [4.69, 9.17) is 4.42 Å². The maximum absolute atomic E-state index is 6.94. The molecule has 2 heterocycles. The van der Waals surface area contributed by atoms with E-state index in [2.05, 4.69) is 254 Å². The third-order valence-electron chi connectivity index (χ3n) is 13.3. The summed E-state index contributed by atoms with van der Waals surface area (Å²) in [7, 11) is 0. The van der Waals surface area contributed by atoms with Crippen molar-refractivity contribution in [3.63, 3.8) is 0 Å². The zero-order chi connectivity index (χ0) is 44.3. The molecule has 0 aliphatic rings. The van der Waals surface area contributed by atoms with Crippen LogP contribution in [0.4, 0.5) is 17.1 Å². The molecular formula is C64H41NOS. The zero-order valence-corrected chi connectivity index (χ0v) is 37.3. The third kappa shape index (κ3) is 6.88. The average molecular weight is 872 g/mol. The third-order valence-corrected chi connectivity index (χ3v) is 14.5. The Kier molecular flexibility index (Phi) is 9.40. The smallest absolute Gasteiger partial charge is 0.143 e. The Morgan fingerprint density at radius 2 is 0.836 bits per heavy atom. The first-order chi connectivity index (χ1) is 33.2. The van der Waals surface area contributed by atoms with Crippen LogP contribution in [0.2, 0.25) is 0 Å². The molecule has 0 saturated heterocycles. The van der Waals surface area contributed by atoms with Gasteiger partial charge in [-0.3, -0.25) is 0 Å². The van der Waals surface area contributed by atoms with Crippen molar-refractivity contribution < 1.29 is 4.42 Å². The highest BCUT2D eigenvalue weighted by molar-refractivity contribution is 7.26. The van der Waals surface area contributed by atoms with Gasteiger partial charge in [-0.25, -0.2) is 0 Å². The molecule has 0 unspecified atom stereocenters. The van der Waals surface area contributed by atoms with Gasteiger partial charge >= 0.3 is 0 Å². The first kappa shape index (κ1) is 38.9. The lowest BCUT2D eigenvalue weighted by Gasteiger charge is -2.29. The van der Waals surface area contributed by atoms with Gasteiger partial charge in [-0.05, 0) is 116 Å². The molecule has 0 N–H and O–H groups in total. The van der Waals surface area contributed by atoms with Gasteiger partial charge in [0, 0.05) is 42.9 Å². The molecule has 0 saturated carbocycles. The first-order valence-electron chi connectivity index (χ1n) is 22.8. The van der Waals surface area contributed by atoms with Gasteiger partial charge in [-0.1, -0.05) is 188 Å². The summed E-state index contributed by atoms with van der Waals surface area (Å²) < 4.78 is 9.45. The lowest BCUT2D eigenvalue weighted by Crippen LogP contribution is -2.11. The van der Waals surface area contributed by atoms with Crippen LogP contribution in [0.3, 0.4) is 0 Å². The number of anilines is 3. The SMILES string of the molecule is c1ccc(-c2ccc(N(c3cc4c(cc3-c3ccc(-c5cc(-c6ccccc6)cc(-c6ccccc6)c5)cc3)oc3c5ccccc5ccc43)c3cccc4c3sc3ccccc34)cc2)cc1. The summed E-state index contributed by atoms with van der Waals surface area (Å²) >= 11 is 1.86. The van der Waals surface area contributed by atoms with E-state index in [1.807, 2.05) is 11.3 Å². The minimum Gasteiger partial charge on any atom is -0.455 e. The summed E-state index contributed by atoms with van der Waals surface area (Å²) in [6.45, 7) is 0. The molecule has 0 fully saturated rings. The lowest BCUT2D eigenvalue weighted by molar-refractivity contribution is 0.673. The molecule has 0 spiro atoms. The standard InChI is InChI=1S/C64H41NOS/c1-4-15-42(16-5-1)45-31-34-52(35-32-45)65(59-25-14-24-56-54-23-12-13-26-62(54)67-64(56)59)60-40-58-55-36-33-47-21-10-11-22-53(47)63(55)66-61(58)41-57(60)48-29-27-46(28-30-48)51-38-49(43-17-6-2-7-18-43)37-50(39-51)44-19-8-3-9-20-44/h1-41H. The van der Waals surface area contributed by atoms with Crippen molar-refractivity contribution in [3.05, 3.63) is 249 Å². The molecule has 0 radical (unpaired) electrons. The summed E-state index contributed by atoms with van der Waals surface area (Å²) in [5.74, 6) is 0. The van der Waals surface area contributed by atoms with Gasteiger partial charge in [-0.2, -0.15) is 0 Å². The summed E-state index contributed by atoms with van der Waals surface area (Å²) in [6, 6.07) is 90.2. The summed E-state index contributed by atoms with van der Waals surface area (Å²) in [5, 5.41) is 6.98. The molecule has 67 heavy (non-hydrogen) atoms. The predicted octanol–water partition coefficient (Wildman–Crippen LogP) is 18.9. The van der Waals surface area contributed by atoms with Crippen LogP contribution in [-0.2, 0) is 0 Å². The molecule has 0 amide bonds. The molecule has 13 aromatic rings. The van der Waals surface area contributed by atoms with Crippen LogP contribution in [-0.4, -0.2) is 0 Å². The molecule has 0 aliphatic heterocycles. The fraction of sp³-hybridized carbons (Fsp3) is 0. The first-order valence-corrected chi connectivity index (χ1v) is 23.6. The molecule has 13 rings (SSSR count). The summed E-state index contributed by atoms with van der Waals surface area (Å²) in [6.07, 6.45) is 0. The fourth-order valence-electron chi connectivity index (χ4n) is 9.94. The number of thiophene rings is 1. The number of fused-ring (bicyclic) bond motifs is 8. The monoisotopic (exact) mass is 871 g/mol. The second-order valence-corrected chi connectivity index (χ2v) is 18.3. The predicted molar refractivity (Wildman–Crippen MR) is 286 cm³/mol. The zero-order valence-electron chi connectivity index (χ0n) is 36.4. The lowest BCUT2D eigenvalue weighted by atomic mass is 9.92. The molecule has 2 aromatic heterocycles. The molecule has 2 nitrogen and oxygen atoms in total. The van der Waals surface area contributed by atoms with Crippen LogP contribution in [0.15, 0.2) is 253 Å². The van der Waals surface area contributed by atoms with Crippen LogP contribution < -0.4 is 4.90 Å². The number of rotatable bonds is 8. The Labute approximate surface area is 392 Å². The number of hydrogen-bond acceptors (Lipinski definition) is 3. The summed E-state index contributed by atoms with van der Waals surface area (Å²) in [4.78, 5) is 2.48. The molecule has 11 aromatic carbocycles.